The van der Waals surface area contributed by atoms with Crippen LogP contribution in [0.2, 0.25) is 0 Å². The fraction of sp³-hybridized carbons (Fsp3) is 0.650. The first-order valence-electron chi connectivity index (χ1n) is 9.50. The number of rotatable bonds is 9. The Morgan fingerprint density at radius 2 is 1.96 bits per heavy atom. The molecule has 0 unspecified atom stereocenters. The molecule has 25 heavy (non-hydrogen) atoms. The second-order valence-corrected chi connectivity index (χ2v) is 6.46. The van der Waals surface area contributed by atoms with Crippen molar-refractivity contribution >= 4 is 5.96 Å². The summed E-state index contributed by atoms with van der Waals surface area (Å²) in [5.41, 5.74) is 2.71. The zero-order chi connectivity index (χ0) is 17.7. The van der Waals surface area contributed by atoms with Crippen LogP contribution in [-0.4, -0.2) is 46.0 Å². The molecule has 140 valence electrons. The highest BCUT2D eigenvalue weighted by atomic mass is 16.5. The molecule has 2 N–H and O–H groups in total. The summed E-state index contributed by atoms with van der Waals surface area (Å²) >= 11 is 0. The first kappa shape index (κ1) is 19.7. The third-order valence-electron chi connectivity index (χ3n) is 4.62. The summed E-state index contributed by atoms with van der Waals surface area (Å²) < 4.78 is 11.2. The van der Waals surface area contributed by atoms with Crippen molar-refractivity contribution in [2.24, 2.45) is 10.9 Å². The predicted molar refractivity (Wildman–Crippen MR) is 103 cm³/mol. The van der Waals surface area contributed by atoms with Crippen LogP contribution in [-0.2, 0) is 22.4 Å². The molecule has 0 atom stereocenters. The molecule has 0 amide bonds. The van der Waals surface area contributed by atoms with E-state index in [4.69, 9.17) is 9.47 Å². The van der Waals surface area contributed by atoms with Gasteiger partial charge in [0.05, 0.1) is 0 Å². The number of benzene rings is 1. The van der Waals surface area contributed by atoms with Gasteiger partial charge in [-0.15, -0.1) is 0 Å². The van der Waals surface area contributed by atoms with Crippen LogP contribution in [0.4, 0.5) is 0 Å². The molecule has 0 aliphatic carbocycles. The van der Waals surface area contributed by atoms with Crippen molar-refractivity contribution in [1.82, 2.24) is 10.6 Å². The fourth-order valence-corrected chi connectivity index (χ4v) is 3.02. The van der Waals surface area contributed by atoms with Crippen molar-refractivity contribution < 1.29 is 9.47 Å². The first-order chi connectivity index (χ1) is 12.3. The second-order valence-electron chi connectivity index (χ2n) is 6.46. The van der Waals surface area contributed by atoms with Crippen molar-refractivity contribution in [2.45, 2.75) is 39.2 Å². The minimum atomic E-state index is 0.676. The molecule has 1 aromatic rings. The van der Waals surface area contributed by atoms with Gasteiger partial charge in [0.2, 0.25) is 0 Å². The van der Waals surface area contributed by atoms with Gasteiger partial charge in [0.15, 0.2) is 5.96 Å². The third kappa shape index (κ3) is 7.45. The summed E-state index contributed by atoms with van der Waals surface area (Å²) in [6.45, 7) is 7.28. The van der Waals surface area contributed by atoms with E-state index < -0.39 is 0 Å². The second kappa shape index (κ2) is 11.9. The van der Waals surface area contributed by atoms with Crippen LogP contribution in [0.15, 0.2) is 29.3 Å². The molecule has 1 aromatic carbocycles. The number of hydrogen-bond donors (Lipinski definition) is 2. The predicted octanol–water partition coefficient (Wildman–Crippen LogP) is 2.75. The van der Waals surface area contributed by atoms with Gasteiger partial charge in [-0.3, -0.25) is 4.99 Å². The lowest BCUT2D eigenvalue weighted by Crippen LogP contribution is -2.37. The van der Waals surface area contributed by atoms with Gasteiger partial charge in [-0.25, -0.2) is 0 Å². The Morgan fingerprint density at radius 3 is 2.68 bits per heavy atom. The average molecular weight is 348 g/mol. The average Bonchev–Trinajstić information content (AvgIpc) is 2.68. The molecule has 1 aliphatic heterocycles. The fourth-order valence-electron chi connectivity index (χ4n) is 3.02. The summed E-state index contributed by atoms with van der Waals surface area (Å²) in [4.78, 5) is 4.29. The molecule has 1 aliphatic rings. The number of hydrogen-bond acceptors (Lipinski definition) is 3. The molecular formula is C20H33N3O2. The molecule has 1 fully saturated rings. The van der Waals surface area contributed by atoms with Crippen LogP contribution in [0.1, 0.15) is 37.3 Å². The minimum Gasteiger partial charge on any atom is -0.381 e. The lowest BCUT2D eigenvalue weighted by molar-refractivity contribution is 0.0203. The van der Waals surface area contributed by atoms with Crippen LogP contribution in [0, 0.1) is 5.92 Å². The Bertz CT molecular complexity index is 513. The summed E-state index contributed by atoms with van der Waals surface area (Å²) in [5.74, 6) is 1.52. The maximum absolute atomic E-state index is 5.79. The van der Waals surface area contributed by atoms with Gasteiger partial charge in [0, 0.05) is 46.6 Å². The van der Waals surface area contributed by atoms with E-state index in [9.17, 15) is 0 Å². The van der Waals surface area contributed by atoms with Crippen molar-refractivity contribution in [3.63, 3.8) is 0 Å². The molecule has 0 spiro atoms. The number of aliphatic imine (C=N–C) groups is 1. The maximum Gasteiger partial charge on any atom is 0.191 e. The summed E-state index contributed by atoms with van der Waals surface area (Å²) in [5, 5.41) is 6.74. The molecule has 5 nitrogen and oxygen atoms in total. The van der Waals surface area contributed by atoms with Gasteiger partial charge in [-0.2, -0.15) is 0 Å². The Hall–Kier alpha value is -1.59. The zero-order valence-corrected chi connectivity index (χ0v) is 15.7. The molecule has 2 rings (SSSR count). The van der Waals surface area contributed by atoms with Gasteiger partial charge in [-0.05, 0) is 42.7 Å². The van der Waals surface area contributed by atoms with E-state index in [2.05, 4.69) is 46.8 Å². The third-order valence-corrected chi connectivity index (χ3v) is 4.62. The normalized spacial score (nSPS) is 16.0. The minimum absolute atomic E-state index is 0.676. The van der Waals surface area contributed by atoms with E-state index in [-0.39, 0.29) is 0 Å². The maximum atomic E-state index is 5.79. The zero-order valence-electron chi connectivity index (χ0n) is 15.7. The number of guanidine groups is 1. The van der Waals surface area contributed by atoms with Gasteiger partial charge in [0.1, 0.15) is 0 Å². The van der Waals surface area contributed by atoms with Crippen molar-refractivity contribution in [3.8, 4) is 0 Å². The molecule has 0 saturated carbocycles. The monoisotopic (exact) mass is 347 g/mol. The standard InChI is InChI=1S/C20H33N3O2/c1-3-18-7-4-5-8-19(18)15-23-20(21-2)22-11-6-12-25-16-17-9-13-24-14-10-17/h4-5,7-8,17H,3,6,9-16H2,1-2H3,(H2,21,22,23). The molecule has 5 heteroatoms. The highest BCUT2D eigenvalue weighted by Gasteiger charge is 2.13. The van der Waals surface area contributed by atoms with E-state index >= 15 is 0 Å². The first-order valence-corrected chi connectivity index (χ1v) is 9.50. The van der Waals surface area contributed by atoms with Crippen LogP contribution in [0.5, 0.6) is 0 Å². The van der Waals surface area contributed by atoms with Crippen LogP contribution in [0.25, 0.3) is 0 Å². The van der Waals surface area contributed by atoms with Gasteiger partial charge in [-0.1, -0.05) is 31.2 Å². The highest BCUT2D eigenvalue weighted by molar-refractivity contribution is 5.79. The van der Waals surface area contributed by atoms with E-state index in [0.29, 0.717) is 5.92 Å². The molecule has 0 bridgehead atoms. The molecular weight excluding hydrogens is 314 g/mol. The Labute approximate surface area is 152 Å². The molecule has 1 heterocycles. The van der Waals surface area contributed by atoms with Gasteiger partial charge >= 0.3 is 0 Å². The van der Waals surface area contributed by atoms with E-state index in [1.807, 2.05) is 7.05 Å². The smallest absolute Gasteiger partial charge is 0.191 e. The highest BCUT2D eigenvalue weighted by Crippen LogP contribution is 2.14. The Kier molecular flexibility index (Phi) is 9.37. The lowest BCUT2D eigenvalue weighted by atomic mass is 10.0. The molecule has 0 aromatic heterocycles. The Morgan fingerprint density at radius 1 is 1.20 bits per heavy atom. The van der Waals surface area contributed by atoms with Crippen molar-refractivity contribution in [1.29, 1.82) is 0 Å². The molecule has 1 saturated heterocycles. The van der Waals surface area contributed by atoms with Crippen molar-refractivity contribution in [3.05, 3.63) is 35.4 Å². The van der Waals surface area contributed by atoms with E-state index in [1.165, 1.54) is 11.1 Å². The number of nitrogens with zero attached hydrogens (tertiary/aromatic N) is 1. The number of nitrogens with one attached hydrogen (secondary N) is 2. The van der Waals surface area contributed by atoms with Crippen LogP contribution < -0.4 is 10.6 Å². The summed E-state index contributed by atoms with van der Waals surface area (Å²) in [6, 6.07) is 8.53. The topological polar surface area (TPSA) is 54.9 Å². The summed E-state index contributed by atoms with van der Waals surface area (Å²) in [7, 11) is 1.81. The van der Waals surface area contributed by atoms with E-state index in [1.54, 1.807) is 0 Å². The number of aryl methyl sites for hydroxylation is 1. The van der Waals surface area contributed by atoms with Gasteiger partial charge < -0.3 is 20.1 Å². The SMILES string of the molecule is CCc1ccccc1CNC(=NC)NCCCOCC1CCOCC1. The molecule has 0 radical (unpaired) electrons. The van der Waals surface area contributed by atoms with Crippen molar-refractivity contribution in [2.75, 3.05) is 40.0 Å². The Balaban J connectivity index is 1.57. The lowest BCUT2D eigenvalue weighted by Gasteiger charge is -2.21. The quantitative estimate of drug-likeness (QED) is 0.410. The summed E-state index contributed by atoms with van der Waals surface area (Å²) in [6.07, 6.45) is 4.30. The van der Waals surface area contributed by atoms with Crippen LogP contribution >= 0.6 is 0 Å². The number of ether oxygens (including phenoxy) is 2. The van der Waals surface area contributed by atoms with Gasteiger partial charge in [0.25, 0.3) is 0 Å². The van der Waals surface area contributed by atoms with E-state index in [0.717, 1.165) is 71.2 Å². The van der Waals surface area contributed by atoms with Crippen LogP contribution in [0.3, 0.4) is 0 Å². The largest absolute Gasteiger partial charge is 0.381 e.